The summed E-state index contributed by atoms with van der Waals surface area (Å²) in [6.07, 6.45) is 0.930. The van der Waals surface area contributed by atoms with E-state index in [-0.39, 0.29) is 17.6 Å². The summed E-state index contributed by atoms with van der Waals surface area (Å²) in [7, 11) is 1.60. The number of hydrogen-bond acceptors (Lipinski definition) is 5. The van der Waals surface area contributed by atoms with Gasteiger partial charge in [-0.05, 0) is 17.0 Å². The third kappa shape index (κ3) is 3.51. The Morgan fingerprint density at radius 1 is 1.39 bits per heavy atom. The minimum absolute atomic E-state index is 0.0512. The van der Waals surface area contributed by atoms with E-state index in [0.717, 1.165) is 11.1 Å². The SMILES string of the molecule is CNC(=O)C1(NC[C@H](N)C(C)C)Cc2ccc([N+](=O)[O-])cc2C1. The molecule has 7 nitrogen and oxygen atoms in total. The number of carbonyl (C=O) groups is 1. The lowest BCUT2D eigenvalue weighted by molar-refractivity contribution is -0.384. The van der Waals surface area contributed by atoms with Gasteiger partial charge in [-0.1, -0.05) is 19.9 Å². The molecule has 23 heavy (non-hydrogen) atoms. The van der Waals surface area contributed by atoms with Crippen LogP contribution in [0.1, 0.15) is 25.0 Å². The highest BCUT2D eigenvalue weighted by molar-refractivity contribution is 5.88. The lowest BCUT2D eigenvalue weighted by atomic mass is 9.93. The average molecular weight is 320 g/mol. The van der Waals surface area contributed by atoms with Gasteiger partial charge in [-0.2, -0.15) is 0 Å². The Hall–Kier alpha value is -1.99. The first-order valence-corrected chi connectivity index (χ1v) is 7.78. The zero-order valence-electron chi connectivity index (χ0n) is 13.8. The van der Waals surface area contributed by atoms with Crippen LogP contribution >= 0.6 is 0 Å². The Kier molecular flexibility index (Phi) is 5.01. The van der Waals surface area contributed by atoms with E-state index in [1.54, 1.807) is 19.2 Å². The van der Waals surface area contributed by atoms with Crippen molar-refractivity contribution in [3.8, 4) is 0 Å². The Labute approximate surface area is 135 Å². The highest BCUT2D eigenvalue weighted by Gasteiger charge is 2.43. The number of amides is 1. The summed E-state index contributed by atoms with van der Waals surface area (Å²) in [5, 5.41) is 16.9. The normalized spacial score (nSPS) is 21.1. The predicted octanol–water partition coefficient (Wildman–Crippen LogP) is 0.751. The highest BCUT2D eigenvalue weighted by Crippen LogP contribution is 2.33. The first kappa shape index (κ1) is 17.4. The predicted molar refractivity (Wildman–Crippen MR) is 88.1 cm³/mol. The second kappa shape index (κ2) is 6.64. The van der Waals surface area contributed by atoms with E-state index in [1.807, 2.05) is 13.8 Å². The molecule has 0 aliphatic heterocycles. The van der Waals surface area contributed by atoms with E-state index < -0.39 is 10.5 Å². The summed E-state index contributed by atoms with van der Waals surface area (Å²) in [5.74, 6) is 0.182. The monoisotopic (exact) mass is 320 g/mol. The van der Waals surface area contributed by atoms with Crippen LogP contribution in [0, 0.1) is 16.0 Å². The van der Waals surface area contributed by atoms with E-state index in [0.29, 0.717) is 25.3 Å². The molecule has 0 bridgehead atoms. The van der Waals surface area contributed by atoms with Crippen LogP contribution in [-0.2, 0) is 17.6 Å². The van der Waals surface area contributed by atoms with Gasteiger partial charge in [0.25, 0.3) is 5.69 Å². The molecule has 0 heterocycles. The number of hydrogen-bond donors (Lipinski definition) is 3. The molecule has 1 aromatic rings. The number of nitrogens with two attached hydrogens (primary N) is 1. The van der Waals surface area contributed by atoms with Gasteiger partial charge < -0.3 is 16.4 Å². The molecule has 1 amide bonds. The van der Waals surface area contributed by atoms with Gasteiger partial charge in [0.05, 0.1) is 4.92 Å². The molecule has 0 spiro atoms. The summed E-state index contributed by atoms with van der Waals surface area (Å²) in [6.45, 7) is 4.58. The minimum atomic E-state index is -0.793. The van der Waals surface area contributed by atoms with Crippen LogP contribution in [0.2, 0.25) is 0 Å². The van der Waals surface area contributed by atoms with Crippen LogP contribution in [0.4, 0.5) is 5.69 Å². The number of carbonyl (C=O) groups excluding carboxylic acids is 1. The largest absolute Gasteiger partial charge is 0.358 e. The molecule has 0 saturated carbocycles. The molecule has 7 heteroatoms. The number of benzene rings is 1. The molecule has 2 atom stereocenters. The molecular formula is C16H24N4O3. The molecule has 0 saturated heterocycles. The van der Waals surface area contributed by atoms with Crippen molar-refractivity contribution in [2.24, 2.45) is 11.7 Å². The van der Waals surface area contributed by atoms with Gasteiger partial charge in [-0.3, -0.25) is 14.9 Å². The van der Waals surface area contributed by atoms with E-state index >= 15 is 0 Å². The summed E-state index contributed by atoms with van der Waals surface area (Å²) in [4.78, 5) is 23.0. The van der Waals surface area contributed by atoms with Gasteiger partial charge in [0.2, 0.25) is 5.91 Å². The maximum atomic E-state index is 12.5. The second-order valence-electron chi connectivity index (χ2n) is 6.51. The van der Waals surface area contributed by atoms with Gasteiger partial charge in [0, 0.05) is 44.6 Å². The number of likely N-dealkylation sites (N-methyl/N-ethyl adjacent to an activating group) is 1. The van der Waals surface area contributed by atoms with E-state index in [4.69, 9.17) is 5.73 Å². The Morgan fingerprint density at radius 3 is 2.61 bits per heavy atom. The standard InChI is InChI=1S/C16H24N4O3/c1-10(2)14(17)9-19-16(15(21)18-3)7-11-4-5-13(20(22)23)6-12(11)8-16/h4-6,10,14,19H,7-9,17H2,1-3H3,(H,18,21)/t14-,16?/m0/s1. The quantitative estimate of drug-likeness (QED) is 0.529. The number of nitrogens with zero attached hydrogens (tertiary/aromatic N) is 1. The van der Waals surface area contributed by atoms with Crippen molar-refractivity contribution < 1.29 is 9.72 Å². The van der Waals surface area contributed by atoms with Crippen LogP contribution in [0.25, 0.3) is 0 Å². The fourth-order valence-electron chi connectivity index (χ4n) is 2.93. The molecular weight excluding hydrogens is 296 g/mol. The topological polar surface area (TPSA) is 110 Å². The minimum Gasteiger partial charge on any atom is -0.358 e. The van der Waals surface area contributed by atoms with Gasteiger partial charge >= 0.3 is 0 Å². The van der Waals surface area contributed by atoms with Gasteiger partial charge in [-0.25, -0.2) is 0 Å². The number of fused-ring (bicyclic) bond motifs is 1. The lowest BCUT2D eigenvalue weighted by Crippen LogP contribution is -2.59. The van der Waals surface area contributed by atoms with Crippen molar-refractivity contribution in [1.29, 1.82) is 0 Å². The maximum Gasteiger partial charge on any atom is 0.269 e. The molecule has 1 aliphatic carbocycles. The third-order valence-electron chi connectivity index (χ3n) is 4.58. The van der Waals surface area contributed by atoms with E-state index in [1.165, 1.54) is 6.07 Å². The highest BCUT2D eigenvalue weighted by atomic mass is 16.6. The Balaban J connectivity index is 2.24. The van der Waals surface area contributed by atoms with Crippen molar-refractivity contribution in [3.63, 3.8) is 0 Å². The average Bonchev–Trinajstić information content (AvgIpc) is 2.90. The van der Waals surface area contributed by atoms with Crippen LogP contribution in [0.15, 0.2) is 18.2 Å². The fourth-order valence-corrected chi connectivity index (χ4v) is 2.93. The number of nitro benzene ring substituents is 1. The molecule has 0 aromatic heterocycles. The zero-order chi connectivity index (χ0) is 17.2. The maximum absolute atomic E-state index is 12.5. The number of nitro groups is 1. The van der Waals surface area contributed by atoms with Crippen LogP contribution in [-0.4, -0.2) is 36.0 Å². The third-order valence-corrected chi connectivity index (χ3v) is 4.58. The lowest BCUT2D eigenvalue weighted by Gasteiger charge is -2.30. The van der Waals surface area contributed by atoms with Crippen LogP contribution in [0.3, 0.4) is 0 Å². The molecule has 1 aliphatic rings. The Morgan fingerprint density at radius 2 is 2.04 bits per heavy atom. The van der Waals surface area contributed by atoms with Gasteiger partial charge in [0.1, 0.15) is 5.54 Å². The summed E-state index contributed by atoms with van der Waals surface area (Å²) in [5.41, 5.74) is 7.14. The molecule has 2 rings (SSSR count). The second-order valence-corrected chi connectivity index (χ2v) is 6.51. The van der Waals surface area contributed by atoms with E-state index in [9.17, 15) is 14.9 Å². The summed E-state index contributed by atoms with van der Waals surface area (Å²) >= 11 is 0. The first-order chi connectivity index (χ1) is 10.8. The molecule has 4 N–H and O–H groups in total. The van der Waals surface area contributed by atoms with Crippen LogP contribution < -0.4 is 16.4 Å². The molecule has 0 fully saturated rings. The Bertz CT molecular complexity index is 617. The molecule has 0 radical (unpaired) electrons. The number of non-ortho nitro benzene ring substituents is 1. The van der Waals surface area contributed by atoms with Crippen molar-refractivity contribution in [1.82, 2.24) is 10.6 Å². The zero-order valence-corrected chi connectivity index (χ0v) is 13.8. The number of rotatable bonds is 6. The van der Waals surface area contributed by atoms with Crippen molar-refractivity contribution >= 4 is 11.6 Å². The fraction of sp³-hybridized carbons (Fsp3) is 0.562. The first-order valence-electron chi connectivity index (χ1n) is 7.78. The molecule has 126 valence electrons. The molecule has 1 aromatic carbocycles. The summed E-state index contributed by atoms with van der Waals surface area (Å²) < 4.78 is 0. The van der Waals surface area contributed by atoms with Gasteiger partial charge in [-0.15, -0.1) is 0 Å². The van der Waals surface area contributed by atoms with Crippen molar-refractivity contribution in [2.45, 2.75) is 38.3 Å². The van der Waals surface area contributed by atoms with Crippen molar-refractivity contribution in [2.75, 3.05) is 13.6 Å². The molecule has 1 unspecified atom stereocenters. The number of nitrogens with one attached hydrogen (secondary N) is 2. The van der Waals surface area contributed by atoms with Crippen molar-refractivity contribution in [3.05, 3.63) is 39.4 Å². The summed E-state index contributed by atoms with van der Waals surface area (Å²) in [6, 6.07) is 4.72. The van der Waals surface area contributed by atoms with E-state index in [2.05, 4.69) is 10.6 Å². The smallest absolute Gasteiger partial charge is 0.269 e. The van der Waals surface area contributed by atoms with Crippen LogP contribution in [0.5, 0.6) is 0 Å². The van der Waals surface area contributed by atoms with Gasteiger partial charge in [0.15, 0.2) is 0 Å².